The molecule has 31 heavy (non-hydrogen) atoms. The molecule has 0 saturated heterocycles. The number of aromatic nitrogens is 2. The molecule has 0 bridgehead atoms. The van der Waals surface area contributed by atoms with Crippen LogP contribution in [0.5, 0.6) is 0 Å². The lowest BCUT2D eigenvalue weighted by molar-refractivity contribution is -0.143. The van der Waals surface area contributed by atoms with Crippen LogP contribution in [0.4, 0.5) is 13.2 Å². The second kappa shape index (κ2) is 9.53. The Morgan fingerprint density at radius 1 is 1.13 bits per heavy atom. The highest BCUT2D eigenvalue weighted by Crippen LogP contribution is 2.34. The van der Waals surface area contributed by atoms with Crippen molar-refractivity contribution in [3.8, 4) is 5.69 Å². The Bertz CT molecular complexity index is 1050. The molecular formula is C22H21ClF3N3O2. The number of carbonyl (C=O) groups is 1. The number of hydrogen-bond donors (Lipinski definition) is 1. The lowest BCUT2D eigenvalue weighted by Gasteiger charge is -2.14. The summed E-state index contributed by atoms with van der Waals surface area (Å²) in [6, 6.07) is 13.0. The van der Waals surface area contributed by atoms with Gasteiger partial charge in [-0.3, -0.25) is 4.79 Å². The molecule has 5 nitrogen and oxygen atoms in total. The Morgan fingerprint density at radius 3 is 2.39 bits per heavy atom. The van der Waals surface area contributed by atoms with Crippen LogP contribution in [-0.4, -0.2) is 21.8 Å². The van der Waals surface area contributed by atoms with Gasteiger partial charge in [0.15, 0.2) is 5.69 Å². The summed E-state index contributed by atoms with van der Waals surface area (Å²) in [7, 11) is 0. The number of amides is 1. The maximum absolute atomic E-state index is 13.8. The Morgan fingerprint density at radius 2 is 1.77 bits per heavy atom. The maximum atomic E-state index is 13.8. The highest BCUT2D eigenvalue weighted by Gasteiger charge is 2.40. The number of nitrogens with zero attached hydrogens (tertiary/aromatic N) is 2. The van der Waals surface area contributed by atoms with Gasteiger partial charge >= 0.3 is 6.18 Å². The number of hydrogen-bond acceptors (Lipinski definition) is 3. The fourth-order valence-electron chi connectivity index (χ4n) is 2.96. The van der Waals surface area contributed by atoms with Crippen molar-refractivity contribution in [1.82, 2.24) is 15.1 Å². The molecule has 0 aliphatic rings. The van der Waals surface area contributed by atoms with Crippen LogP contribution in [0.1, 0.15) is 41.0 Å². The Hall–Kier alpha value is -2.84. The molecule has 0 unspecified atom stereocenters. The highest BCUT2D eigenvalue weighted by molar-refractivity contribution is 6.30. The van der Waals surface area contributed by atoms with Crippen molar-refractivity contribution >= 4 is 17.5 Å². The summed E-state index contributed by atoms with van der Waals surface area (Å²) < 4.78 is 47.7. The number of nitrogens with one attached hydrogen (secondary N) is 1. The van der Waals surface area contributed by atoms with Crippen molar-refractivity contribution in [2.24, 2.45) is 0 Å². The van der Waals surface area contributed by atoms with Crippen LogP contribution >= 0.6 is 11.6 Å². The number of benzene rings is 2. The normalized spacial score (nSPS) is 11.7. The molecule has 3 aromatic rings. The van der Waals surface area contributed by atoms with Crippen molar-refractivity contribution in [1.29, 1.82) is 0 Å². The molecule has 0 radical (unpaired) electrons. The molecule has 1 N–H and O–H groups in total. The molecular weight excluding hydrogens is 431 g/mol. The first kappa shape index (κ1) is 22.8. The SMILES string of the molecule is CC(C)OCc1ccccc1CNC(=O)c1cnn(-c2ccc(Cl)cc2)c1C(F)(F)F. The number of rotatable bonds is 7. The third-order valence-electron chi connectivity index (χ3n) is 4.48. The molecule has 3 rings (SSSR count). The fraction of sp³-hybridized carbons (Fsp3) is 0.273. The molecule has 1 amide bonds. The van der Waals surface area contributed by atoms with E-state index >= 15 is 0 Å². The van der Waals surface area contributed by atoms with Gasteiger partial charge in [0.1, 0.15) is 0 Å². The molecule has 0 fully saturated rings. The van der Waals surface area contributed by atoms with E-state index in [0.717, 1.165) is 17.3 Å². The van der Waals surface area contributed by atoms with Crippen molar-refractivity contribution < 1.29 is 22.7 Å². The molecule has 164 valence electrons. The van der Waals surface area contributed by atoms with E-state index in [2.05, 4.69) is 10.4 Å². The fourth-order valence-corrected chi connectivity index (χ4v) is 3.09. The van der Waals surface area contributed by atoms with Crippen LogP contribution < -0.4 is 5.32 Å². The zero-order valence-electron chi connectivity index (χ0n) is 16.9. The Labute approximate surface area is 182 Å². The van der Waals surface area contributed by atoms with Crippen LogP contribution in [-0.2, 0) is 24.1 Å². The standard InChI is InChI=1S/C22H21ClF3N3O2/c1-14(2)31-13-16-6-4-3-5-15(16)11-27-21(30)19-12-28-29(20(19)22(24,25)26)18-9-7-17(23)8-10-18/h3-10,12,14H,11,13H2,1-2H3,(H,27,30). The molecule has 9 heteroatoms. The van der Waals surface area contributed by atoms with E-state index in [-0.39, 0.29) is 18.3 Å². The van der Waals surface area contributed by atoms with E-state index in [4.69, 9.17) is 16.3 Å². The predicted molar refractivity (Wildman–Crippen MR) is 111 cm³/mol. The van der Waals surface area contributed by atoms with E-state index in [1.54, 1.807) is 12.1 Å². The lowest BCUT2D eigenvalue weighted by atomic mass is 10.1. The van der Waals surface area contributed by atoms with Gasteiger partial charge in [-0.1, -0.05) is 35.9 Å². The number of alkyl halides is 3. The first-order valence-electron chi connectivity index (χ1n) is 9.54. The monoisotopic (exact) mass is 451 g/mol. The summed E-state index contributed by atoms with van der Waals surface area (Å²) in [4.78, 5) is 12.6. The van der Waals surface area contributed by atoms with E-state index < -0.39 is 23.3 Å². The molecule has 0 saturated carbocycles. The van der Waals surface area contributed by atoms with Gasteiger partial charge in [0.25, 0.3) is 5.91 Å². The minimum atomic E-state index is -4.79. The molecule has 1 aromatic heterocycles. The van der Waals surface area contributed by atoms with Gasteiger partial charge in [-0.2, -0.15) is 18.3 Å². The molecule has 0 spiro atoms. The Balaban J connectivity index is 1.84. The van der Waals surface area contributed by atoms with E-state index in [1.165, 1.54) is 24.3 Å². The maximum Gasteiger partial charge on any atom is 0.434 e. The highest BCUT2D eigenvalue weighted by atomic mass is 35.5. The van der Waals surface area contributed by atoms with Crippen molar-refractivity contribution in [2.45, 2.75) is 39.3 Å². The summed E-state index contributed by atoms with van der Waals surface area (Å²) in [6.45, 7) is 4.20. The molecule has 1 heterocycles. The van der Waals surface area contributed by atoms with Gasteiger partial charge in [0.05, 0.1) is 30.2 Å². The minimum absolute atomic E-state index is 0.0238. The largest absolute Gasteiger partial charge is 0.434 e. The van der Waals surface area contributed by atoms with Gasteiger partial charge in [0, 0.05) is 11.6 Å². The second-order valence-corrected chi connectivity index (χ2v) is 7.54. The summed E-state index contributed by atoms with van der Waals surface area (Å²) in [6.07, 6.45) is -3.84. The third kappa shape index (κ3) is 5.65. The van der Waals surface area contributed by atoms with Crippen molar-refractivity contribution in [2.75, 3.05) is 0 Å². The lowest BCUT2D eigenvalue weighted by Crippen LogP contribution is -2.26. The molecule has 0 aliphatic heterocycles. The van der Waals surface area contributed by atoms with E-state index in [9.17, 15) is 18.0 Å². The van der Waals surface area contributed by atoms with E-state index in [1.807, 2.05) is 26.0 Å². The van der Waals surface area contributed by atoms with Crippen LogP contribution in [0.15, 0.2) is 54.7 Å². The average Bonchev–Trinajstić information content (AvgIpc) is 3.17. The molecule has 2 aromatic carbocycles. The van der Waals surface area contributed by atoms with Gasteiger partial charge in [-0.05, 0) is 49.2 Å². The van der Waals surface area contributed by atoms with Crippen LogP contribution in [0, 0.1) is 0 Å². The van der Waals surface area contributed by atoms with E-state index in [0.29, 0.717) is 16.3 Å². The van der Waals surface area contributed by atoms with Gasteiger partial charge in [0.2, 0.25) is 0 Å². The van der Waals surface area contributed by atoms with Crippen LogP contribution in [0.3, 0.4) is 0 Å². The Kier molecular flexibility index (Phi) is 7.02. The first-order chi connectivity index (χ1) is 14.7. The van der Waals surface area contributed by atoms with Crippen molar-refractivity contribution in [3.63, 3.8) is 0 Å². The van der Waals surface area contributed by atoms with Crippen LogP contribution in [0.25, 0.3) is 5.69 Å². The zero-order valence-corrected chi connectivity index (χ0v) is 17.7. The number of carbonyl (C=O) groups excluding carboxylic acids is 1. The quantitative estimate of drug-likeness (QED) is 0.523. The number of halogens is 4. The molecule has 0 aliphatic carbocycles. The van der Waals surface area contributed by atoms with Crippen molar-refractivity contribution in [3.05, 3.63) is 82.1 Å². The third-order valence-corrected chi connectivity index (χ3v) is 4.74. The van der Waals surface area contributed by atoms with Crippen LogP contribution in [0.2, 0.25) is 5.02 Å². The summed E-state index contributed by atoms with van der Waals surface area (Å²) >= 11 is 5.81. The number of ether oxygens (including phenoxy) is 1. The van der Waals surface area contributed by atoms with Gasteiger partial charge in [-0.15, -0.1) is 0 Å². The summed E-state index contributed by atoms with van der Waals surface area (Å²) in [5.41, 5.74) is 0.0496. The zero-order chi connectivity index (χ0) is 22.6. The predicted octanol–water partition coefficient (Wildman–Crippen LogP) is 5.40. The average molecular weight is 452 g/mol. The summed E-state index contributed by atoms with van der Waals surface area (Å²) in [5.74, 6) is -0.868. The first-order valence-corrected chi connectivity index (χ1v) is 9.92. The minimum Gasteiger partial charge on any atom is -0.374 e. The summed E-state index contributed by atoms with van der Waals surface area (Å²) in [5, 5.41) is 6.74. The van der Waals surface area contributed by atoms with Gasteiger partial charge in [-0.25, -0.2) is 4.68 Å². The molecule has 0 atom stereocenters. The second-order valence-electron chi connectivity index (χ2n) is 7.10. The smallest absolute Gasteiger partial charge is 0.374 e. The van der Waals surface area contributed by atoms with Gasteiger partial charge < -0.3 is 10.1 Å². The topological polar surface area (TPSA) is 56.1 Å².